The molecule has 0 saturated carbocycles. The van der Waals surface area contributed by atoms with E-state index in [4.69, 9.17) is 5.73 Å². The Labute approximate surface area is 135 Å². The van der Waals surface area contributed by atoms with Crippen LogP contribution in [0.15, 0.2) is 36.5 Å². The summed E-state index contributed by atoms with van der Waals surface area (Å²) in [6, 6.07) is 7.67. The maximum atomic E-state index is 12.9. The van der Waals surface area contributed by atoms with E-state index >= 15 is 0 Å². The summed E-state index contributed by atoms with van der Waals surface area (Å²) in [6.07, 6.45) is 2.44. The van der Waals surface area contributed by atoms with Gasteiger partial charge >= 0.3 is 0 Å². The Hall–Kier alpha value is -2.21. The van der Waals surface area contributed by atoms with E-state index in [-0.39, 0.29) is 17.8 Å². The van der Waals surface area contributed by atoms with Crippen molar-refractivity contribution in [2.24, 2.45) is 11.7 Å². The molecule has 0 saturated heterocycles. The largest absolute Gasteiger partial charge is 0.340 e. The summed E-state index contributed by atoms with van der Waals surface area (Å²) in [7, 11) is 1.74. The number of carbonyl (C=O) groups is 1. The maximum absolute atomic E-state index is 12.9. The second-order valence-corrected chi connectivity index (χ2v) is 6.05. The first-order valence-electron chi connectivity index (χ1n) is 7.71. The highest BCUT2D eigenvalue weighted by atomic mass is 19.1. The smallest absolute Gasteiger partial charge is 0.274 e. The lowest BCUT2D eigenvalue weighted by molar-refractivity contribution is 0.0783. The third kappa shape index (κ3) is 4.39. The van der Waals surface area contributed by atoms with Crippen LogP contribution in [0.4, 0.5) is 4.39 Å². The molecule has 0 fully saturated rings. The molecule has 0 aliphatic carbocycles. The van der Waals surface area contributed by atoms with Crippen LogP contribution < -0.4 is 5.73 Å². The number of nitrogens with zero attached hydrogens (tertiary/aromatic N) is 3. The molecule has 0 bridgehead atoms. The minimum Gasteiger partial charge on any atom is -0.340 e. The molecule has 23 heavy (non-hydrogen) atoms. The van der Waals surface area contributed by atoms with Gasteiger partial charge < -0.3 is 10.6 Å². The standard InChI is InChI=1S/C17H23FN4O/c1-12(2)15(19)8-10-21(3)17(23)16-9-11-22(20-16)14-6-4-13(18)5-7-14/h4-7,9,11-12,15H,8,10,19H2,1-3H3. The van der Waals surface area contributed by atoms with Crippen molar-refractivity contribution in [3.05, 3.63) is 48.0 Å². The molecule has 0 radical (unpaired) electrons. The number of rotatable bonds is 6. The number of halogens is 1. The van der Waals surface area contributed by atoms with Crippen molar-refractivity contribution >= 4 is 5.91 Å². The van der Waals surface area contributed by atoms with Gasteiger partial charge in [-0.25, -0.2) is 9.07 Å². The van der Waals surface area contributed by atoms with Crippen molar-refractivity contribution in [3.8, 4) is 5.69 Å². The van der Waals surface area contributed by atoms with E-state index in [0.29, 0.717) is 23.8 Å². The van der Waals surface area contributed by atoms with Crippen molar-refractivity contribution in [1.29, 1.82) is 0 Å². The summed E-state index contributed by atoms with van der Waals surface area (Å²) in [5.74, 6) is -0.0727. The Morgan fingerprint density at radius 3 is 2.57 bits per heavy atom. The molecular formula is C17H23FN4O. The van der Waals surface area contributed by atoms with Crippen LogP contribution in [0.5, 0.6) is 0 Å². The fraction of sp³-hybridized carbons (Fsp3) is 0.412. The highest BCUT2D eigenvalue weighted by Crippen LogP contribution is 2.11. The highest BCUT2D eigenvalue weighted by molar-refractivity contribution is 5.92. The van der Waals surface area contributed by atoms with Crippen molar-refractivity contribution in [3.63, 3.8) is 0 Å². The second kappa shape index (κ2) is 7.37. The molecule has 1 heterocycles. The van der Waals surface area contributed by atoms with E-state index in [0.717, 1.165) is 6.42 Å². The fourth-order valence-corrected chi connectivity index (χ4v) is 2.15. The zero-order chi connectivity index (χ0) is 17.0. The molecule has 0 aliphatic rings. The van der Waals surface area contributed by atoms with Crippen LogP contribution >= 0.6 is 0 Å². The van der Waals surface area contributed by atoms with Gasteiger partial charge in [-0.3, -0.25) is 4.79 Å². The SMILES string of the molecule is CC(C)C(N)CCN(C)C(=O)c1ccn(-c2ccc(F)cc2)n1. The minimum absolute atomic E-state index is 0.0713. The van der Waals surface area contributed by atoms with Crippen LogP contribution in [-0.2, 0) is 0 Å². The van der Waals surface area contributed by atoms with E-state index in [1.807, 2.05) is 0 Å². The topological polar surface area (TPSA) is 64.2 Å². The van der Waals surface area contributed by atoms with Crippen molar-refractivity contribution in [2.75, 3.05) is 13.6 Å². The third-order valence-electron chi connectivity index (χ3n) is 3.90. The molecule has 2 N–H and O–H groups in total. The molecule has 6 heteroatoms. The molecule has 1 atom stereocenters. The van der Waals surface area contributed by atoms with Gasteiger partial charge in [0.25, 0.3) is 5.91 Å². The number of hydrogen-bond acceptors (Lipinski definition) is 3. The summed E-state index contributed by atoms with van der Waals surface area (Å²) in [5.41, 5.74) is 7.07. The van der Waals surface area contributed by atoms with Gasteiger partial charge in [-0.2, -0.15) is 5.10 Å². The maximum Gasteiger partial charge on any atom is 0.274 e. The van der Waals surface area contributed by atoms with Crippen LogP contribution in [0.25, 0.3) is 5.69 Å². The summed E-state index contributed by atoms with van der Waals surface area (Å²) in [6.45, 7) is 4.72. The van der Waals surface area contributed by atoms with E-state index in [1.165, 1.54) is 12.1 Å². The van der Waals surface area contributed by atoms with Gasteiger partial charge in [0.05, 0.1) is 5.69 Å². The van der Waals surface area contributed by atoms with E-state index in [1.54, 1.807) is 41.0 Å². The van der Waals surface area contributed by atoms with Crippen molar-refractivity contribution < 1.29 is 9.18 Å². The average molecular weight is 318 g/mol. The van der Waals surface area contributed by atoms with Gasteiger partial charge in [0.2, 0.25) is 0 Å². The minimum atomic E-state index is -0.307. The average Bonchev–Trinajstić information content (AvgIpc) is 3.01. The van der Waals surface area contributed by atoms with Crippen molar-refractivity contribution in [2.45, 2.75) is 26.3 Å². The summed E-state index contributed by atoms with van der Waals surface area (Å²) in [4.78, 5) is 14.0. The van der Waals surface area contributed by atoms with Crippen LogP contribution in [0.3, 0.4) is 0 Å². The van der Waals surface area contributed by atoms with Crippen LogP contribution in [0, 0.1) is 11.7 Å². The number of amides is 1. The monoisotopic (exact) mass is 318 g/mol. The number of aromatic nitrogens is 2. The summed E-state index contributed by atoms with van der Waals surface area (Å²) < 4.78 is 14.5. The molecule has 0 spiro atoms. The number of nitrogens with two attached hydrogens (primary N) is 1. The summed E-state index contributed by atoms with van der Waals surface area (Å²) in [5, 5.41) is 4.27. The van der Waals surface area contributed by atoms with Crippen LogP contribution in [0.1, 0.15) is 30.8 Å². The number of carbonyl (C=O) groups excluding carboxylic acids is 1. The zero-order valence-electron chi connectivity index (χ0n) is 13.7. The third-order valence-corrected chi connectivity index (χ3v) is 3.90. The predicted octanol–water partition coefficient (Wildman–Crippen LogP) is 2.46. The van der Waals surface area contributed by atoms with Gasteiger partial charge in [-0.15, -0.1) is 0 Å². The molecule has 1 amide bonds. The van der Waals surface area contributed by atoms with Gasteiger partial charge in [0.1, 0.15) is 5.82 Å². The first-order valence-corrected chi connectivity index (χ1v) is 7.71. The van der Waals surface area contributed by atoms with Crippen LogP contribution in [0.2, 0.25) is 0 Å². The molecule has 5 nitrogen and oxygen atoms in total. The number of benzene rings is 1. The molecule has 0 aliphatic heterocycles. The Balaban J connectivity index is 2.01. The molecule has 1 aromatic heterocycles. The fourth-order valence-electron chi connectivity index (χ4n) is 2.15. The van der Waals surface area contributed by atoms with E-state index in [2.05, 4.69) is 18.9 Å². The van der Waals surface area contributed by atoms with E-state index in [9.17, 15) is 9.18 Å². The molecular weight excluding hydrogens is 295 g/mol. The molecule has 2 rings (SSSR count). The van der Waals surface area contributed by atoms with Gasteiger partial charge in [-0.1, -0.05) is 13.8 Å². The molecule has 1 aromatic carbocycles. The second-order valence-electron chi connectivity index (χ2n) is 6.05. The first-order chi connectivity index (χ1) is 10.9. The lowest BCUT2D eigenvalue weighted by Crippen LogP contribution is -2.34. The number of hydrogen-bond donors (Lipinski definition) is 1. The molecule has 1 unspecified atom stereocenters. The predicted molar refractivity (Wildman–Crippen MR) is 87.9 cm³/mol. The van der Waals surface area contributed by atoms with Gasteiger partial charge in [0, 0.05) is 25.8 Å². The van der Waals surface area contributed by atoms with Crippen molar-refractivity contribution in [1.82, 2.24) is 14.7 Å². The lowest BCUT2D eigenvalue weighted by atomic mass is 10.0. The lowest BCUT2D eigenvalue weighted by Gasteiger charge is -2.20. The zero-order valence-corrected chi connectivity index (χ0v) is 13.7. The Morgan fingerprint density at radius 1 is 1.30 bits per heavy atom. The van der Waals surface area contributed by atoms with Crippen LogP contribution in [-0.4, -0.2) is 40.2 Å². The first kappa shape index (κ1) is 17.1. The Bertz CT molecular complexity index is 651. The van der Waals surface area contributed by atoms with Gasteiger partial charge in [0.15, 0.2) is 5.69 Å². The summed E-state index contributed by atoms with van der Waals surface area (Å²) >= 11 is 0. The Kier molecular flexibility index (Phi) is 5.50. The van der Waals surface area contributed by atoms with E-state index < -0.39 is 0 Å². The molecule has 2 aromatic rings. The quantitative estimate of drug-likeness (QED) is 0.890. The molecule has 124 valence electrons. The highest BCUT2D eigenvalue weighted by Gasteiger charge is 2.17. The Morgan fingerprint density at radius 2 is 1.96 bits per heavy atom. The normalized spacial score (nSPS) is 12.4. The van der Waals surface area contributed by atoms with Gasteiger partial charge in [-0.05, 0) is 42.7 Å².